The lowest BCUT2D eigenvalue weighted by Crippen LogP contribution is -2.34. The van der Waals surface area contributed by atoms with E-state index in [2.05, 4.69) is 15.6 Å². The molecule has 0 heterocycles. The van der Waals surface area contributed by atoms with Gasteiger partial charge in [0.1, 0.15) is 5.75 Å². The minimum absolute atomic E-state index is 0.566. The summed E-state index contributed by atoms with van der Waals surface area (Å²) in [5.41, 5.74) is 0.920. The number of ether oxygens (including phenoxy) is 1. The van der Waals surface area contributed by atoms with E-state index < -0.39 is 0 Å². The van der Waals surface area contributed by atoms with Crippen LogP contribution in [0, 0.1) is 0 Å². The SMILES string of the molecule is CN=C(NC)NCc1c(Cl)cccc1OC. The first-order valence-corrected chi connectivity index (χ1v) is 5.30. The zero-order valence-electron chi connectivity index (χ0n) is 9.67. The number of hydrogen-bond acceptors (Lipinski definition) is 2. The maximum absolute atomic E-state index is 6.10. The van der Waals surface area contributed by atoms with Crippen molar-refractivity contribution in [2.45, 2.75) is 6.54 Å². The molecule has 2 N–H and O–H groups in total. The van der Waals surface area contributed by atoms with E-state index in [0.29, 0.717) is 17.5 Å². The van der Waals surface area contributed by atoms with Crippen LogP contribution in [0.15, 0.2) is 23.2 Å². The zero-order chi connectivity index (χ0) is 12.0. The molecule has 16 heavy (non-hydrogen) atoms. The normalized spacial score (nSPS) is 11.1. The van der Waals surface area contributed by atoms with Gasteiger partial charge in [-0.25, -0.2) is 0 Å². The van der Waals surface area contributed by atoms with Gasteiger partial charge in [0.25, 0.3) is 0 Å². The summed E-state index contributed by atoms with van der Waals surface area (Å²) < 4.78 is 5.24. The second-order valence-electron chi connectivity index (χ2n) is 3.10. The molecule has 1 aromatic carbocycles. The molecule has 5 heteroatoms. The molecule has 0 saturated carbocycles. The third-order valence-electron chi connectivity index (χ3n) is 2.19. The molecule has 0 aliphatic carbocycles. The van der Waals surface area contributed by atoms with E-state index in [-0.39, 0.29) is 0 Å². The number of benzene rings is 1. The maximum Gasteiger partial charge on any atom is 0.190 e. The minimum atomic E-state index is 0.566. The van der Waals surface area contributed by atoms with Crippen molar-refractivity contribution in [2.75, 3.05) is 21.2 Å². The Morgan fingerprint density at radius 3 is 2.81 bits per heavy atom. The molecular weight excluding hydrogens is 226 g/mol. The summed E-state index contributed by atoms with van der Waals surface area (Å²) in [6, 6.07) is 5.58. The van der Waals surface area contributed by atoms with E-state index in [0.717, 1.165) is 11.3 Å². The van der Waals surface area contributed by atoms with Crippen molar-refractivity contribution in [1.29, 1.82) is 0 Å². The lowest BCUT2D eigenvalue weighted by molar-refractivity contribution is 0.409. The quantitative estimate of drug-likeness (QED) is 0.625. The highest BCUT2D eigenvalue weighted by atomic mass is 35.5. The molecule has 0 radical (unpaired) electrons. The first kappa shape index (κ1) is 12.6. The van der Waals surface area contributed by atoms with Crippen LogP contribution in [0.2, 0.25) is 5.02 Å². The Labute approximate surface area is 101 Å². The highest BCUT2D eigenvalue weighted by molar-refractivity contribution is 6.31. The summed E-state index contributed by atoms with van der Waals surface area (Å²) in [4.78, 5) is 4.02. The summed E-state index contributed by atoms with van der Waals surface area (Å²) in [6.07, 6.45) is 0. The summed E-state index contributed by atoms with van der Waals surface area (Å²) in [5.74, 6) is 1.48. The van der Waals surface area contributed by atoms with E-state index in [9.17, 15) is 0 Å². The topological polar surface area (TPSA) is 45.7 Å². The second-order valence-corrected chi connectivity index (χ2v) is 3.50. The van der Waals surface area contributed by atoms with Crippen molar-refractivity contribution in [3.05, 3.63) is 28.8 Å². The highest BCUT2D eigenvalue weighted by Gasteiger charge is 2.07. The second kappa shape index (κ2) is 6.23. The fourth-order valence-corrected chi connectivity index (χ4v) is 1.59. The minimum Gasteiger partial charge on any atom is -0.496 e. The molecule has 0 aliphatic rings. The van der Waals surface area contributed by atoms with E-state index in [4.69, 9.17) is 16.3 Å². The molecule has 0 bridgehead atoms. The molecule has 0 aliphatic heterocycles. The Hall–Kier alpha value is -1.42. The Balaban J connectivity index is 2.80. The van der Waals surface area contributed by atoms with Crippen LogP contribution in [-0.4, -0.2) is 27.2 Å². The number of guanidine groups is 1. The number of aliphatic imine (C=N–C) groups is 1. The fourth-order valence-electron chi connectivity index (χ4n) is 1.35. The van der Waals surface area contributed by atoms with Crippen molar-refractivity contribution in [3.63, 3.8) is 0 Å². The third kappa shape index (κ3) is 3.03. The van der Waals surface area contributed by atoms with Crippen LogP contribution in [0.5, 0.6) is 5.75 Å². The van der Waals surface area contributed by atoms with E-state index in [1.807, 2.05) is 18.2 Å². The molecule has 0 saturated heterocycles. The van der Waals surface area contributed by atoms with Crippen LogP contribution in [0.1, 0.15) is 5.56 Å². The van der Waals surface area contributed by atoms with Gasteiger partial charge in [-0.1, -0.05) is 17.7 Å². The van der Waals surface area contributed by atoms with Crippen molar-refractivity contribution in [1.82, 2.24) is 10.6 Å². The van der Waals surface area contributed by atoms with Crippen molar-refractivity contribution in [2.24, 2.45) is 4.99 Å². The predicted octanol–water partition coefficient (Wildman–Crippen LogP) is 1.64. The van der Waals surface area contributed by atoms with Gasteiger partial charge in [-0.05, 0) is 12.1 Å². The number of hydrogen-bond donors (Lipinski definition) is 2. The molecule has 88 valence electrons. The fraction of sp³-hybridized carbons (Fsp3) is 0.364. The van der Waals surface area contributed by atoms with Gasteiger partial charge in [-0.3, -0.25) is 4.99 Å². The molecule has 1 rings (SSSR count). The molecule has 1 aromatic rings. The van der Waals surface area contributed by atoms with Crippen LogP contribution in [0.3, 0.4) is 0 Å². The smallest absolute Gasteiger partial charge is 0.190 e. The van der Waals surface area contributed by atoms with E-state index in [1.165, 1.54) is 0 Å². The summed E-state index contributed by atoms with van der Waals surface area (Å²) in [7, 11) is 5.14. The first-order chi connectivity index (χ1) is 7.72. The first-order valence-electron chi connectivity index (χ1n) is 4.92. The summed E-state index contributed by atoms with van der Waals surface area (Å²) in [5, 5.41) is 6.74. The van der Waals surface area contributed by atoms with Crippen molar-refractivity contribution < 1.29 is 4.74 Å². The molecule has 0 aromatic heterocycles. The summed E-state index contributed by atoms with van der Waals surface area (Å²) >= 11 is 6.10. The Morgan fingerprint density at radius 1 is 1.50 bits per heavy atom. The van der Waals surface area contributed by atoms with Crippen LogP contribution in [-0.2, 0) is 6.54 Å². The molecule has 0 fully saturated rings. The summed E-state index contributed by atoms with van der Waals surface area (Å²) in [6.45, 7) is 0.566. The monoisotopic (exact) mass is 241 g/mol. The molecule has 0 atom stereocenters. The zero-order valence-corrected chi connectivity index (χ0v) is 10.4. The standard InChI is InChI=1S/C11H16ClN3O/c1-13-11(14-2)15-7-8-9(12)5-4-6-10(8)16-3/h4-6H,7H2,1-3H3,(H2,13,14,15). The molecule has 0 amide bonds. The van der Waals surface area contributed by atoms with Gasteiger partial charge in [0.05, 0.1) is 7.11 Å². The third-order valence-corrected chi connectivity index (χ3v) is 2.54. The van der Waals surface area contributed by atoms with Gasteiger partial charge < -0.3 is 15.4 Å². The number of rotatable bonds is 3. The lowest BCUT2D eigenvalue weighted by atomic mass is 10.2. The van der Waals surface area contributed by atoms with Gasteiger partial charge in [0, 0.05) is 31.2 Å². The number of nitrogens with zero attached hydrogens (tertiary/aromatic N) is 1. The number of halogens is 1. The molecule has 0 spiro atoms. The lowest BCUT2D eigenvalue weighted by Gasteiger charge is -2.12. The average molecular weight is 242 g/mol. The van der Waals surface area contributed by atoms with Crippen LogP contribution < -0.4 is 15.4 Å². The largest absolute Gasteiger partial charge is 0.496 e. The van der Waals surface area contributed by atoms with E-state index >= 15 is 0 Å². The van der Waals surface area contributed by atoms with Gasteiger partial charge in [0.15, 0.2) is 5.96 Å². The van der Waals surface area contributed by atoms with Crippen LogP contribution in [0.4, 0.5) is 0 Å². The Kier molecular flexibility index (Phi) is 4.92. The van der Waals surface area contributed by atoms with Crippen LogP contribution in [0.25, 0.3) is 0 Å². The number of nitrogens with one attached hydrogen (secondary N) is 2. The van der Waals surface area contributed by atoms with Crippen molar-refractivity contribution in [3.8, 4) is 5.75 Å². The Morgan fingerprint density at radius 2 is 2.25 bits per heavy atom. The average Bonchev–Trinajstić information content (AvgIpc) is 2.31. The van der Waals surface area contributed by atoms with Crippen LogP contribution >= 0.6 is 11.6 Å². The highest BCUT2D eigenvalue weighted by Crippen LogP contribution is 2.25. The number of methoxy groups -OCH3 is 1. The van der Waals surface area contributed by atoms with Crippen molar-refractivity contribution >= 4 is 17.6 Å². The van der Waals surface area contributed by atoms with Gasteiger partial charge in [0.2, 0.25) is 0 Å². The molecule has 0 unspecified atom stereocenters. The van der Waals surface area contributed by atoms with E-state index in [1.54, 1.807) is 21.2 Å². The predicted molar refractivity (Wildman–Crippen MR) is 67.3 cm³/mol. The maximum atomic E-state index is 6.10. The Bertz CT molecular complexity index is 379. The van der Waals surface area contributed by atoms with Gasteiger partial charge in [-0.15, -0.1) is 0 Å². The molecule has 4 nitrogen and oxygen atoms in total. The van der Waals surface area contributed by atoms with Gasteiger partial charge in [-0.2, -0.15) is 0 Å². The molecular formula is C11H16ClN3O. The van der Waals surface area contributed by atoms with Gasteiger partial charge >= 0.3 is 0 Å².